The van der Waals surface area contributed by atoms with Crippen LogP contribution in [0.25, 0.3) is 0 Å². The van der Waals surface area contributed by atoms with Crippen LogP contribution >= 0.6 is 0 Å². The predicted molar refractivity (Wildman–Crippen MR) is 45.3 cm³/mol. The second-order valence-electron chi connectivity index (χ2n) is 2.76. The Morgan fingerprint density at radius 2 is 1.92 bits per heavy atom. The minimum absolute atomic E-state index is 0.413. The van der Waals surface area contributed by atoms with Crippen molar-refractivity contribution in [2.45, 2.75) is 6.10 Å². The molecule has 1 heterocycles. The van der Waals surface area contributed by atoms with Crippen LogP contribution in [0.2, 0.25) is 0 Å². The van der Waals surface area contributed by atoms with Crippen LogP contribution in [0.3, 0.4) is 0 Å². The molecule has 1 aliphatic rings. The molecule has 1 fully saturated rings. The zero-order valence-electron chi connectivity index (χ0n) is 7.54. The molecule has 0 spiro atoms. The largest absolute Gasteiger partial charge is 0.382 e. The Kier molecular flexibility index (Phi) is 5.27. The summed E-state index contributed by atoms with van der Waals surface area (Å²) in [6.07, 6.45) is 0.413. The number of hydrogen-bond acceptors (Lipinski definition) is 4. The molecule has 0 saturated carbocycles. The molecule has 12 heavy (non-hydrogen) atoms. The summed E-state index contributed by atoms with van der Waals surface area (Å²) in [5.41, 5.74) is 0. The predicted octanol–water partition coefficient (Wildman–Crippen LogP) is -0.362. The van der Waals surface area contributed by atoms with E-state index in [1.165, 1.54) is 0 Å². The summed E-state index contributed by atoms with van der Waals surface area (Å²) in [4.78, 5) is 0. The molecule has 0 bridgehead atoms. The number of methoxy groups -OCH3 is 1. The van der Waals surface area contributed by atoms with E-state index in [-0.39, 0.29) is 0 Å². The van der Waals surface area contributed by atoms with E-state index in [0.29, 0.717) is 32.5 Å². The molecule has 1 saturated heterocycles. The van der Waals surface area contributed by atoms with Gasteiger partial charge < -0.3 is 19.5 Å². The van der Waals surface area contributed by atoms with Crippen LogP contribution in [-0.2, 0) is 14.2 Å². The van der Waals surface area contributed by atoms with E-state index < -0.39 is 0 Å². The van der Waals surface area contributed by atoms with Crippen LogP contribution in [0, 0.1) is 0 Å². The van der Waals surface area contributed by atoms with Crippen molar-refractivity contribution in [3.05, 3.63) is 0 Å². The third-order valence-electron chi connectivity index (χ3n) is 1.76. The second kappa shape index (κ2) is 6.37. The lowest BCUT2D eigenvalue weighted by atomic mass is 10.2. The summed E-state index contributed by atoms with van der Waals surface area (Å²) in [7, 11) is 1.67. The van der Waals surface area contributed by atoms with Gasteiger partial charge in [0, 0.05) is 20.2 Å². The highest BCUT2D eigenvalue weighted by Crippen LogP contribution is 1.96. The van der Waals surface area contributed by atoms with Crippen molar-refractivity contribution in [3.63, 3.8) is 0 Å². The van der Waals surface area contributed by atoms with Gasteiger partial charge in [0.2, 0.25) is 0 Å². The number of ether oxygens (including phenoxy) is 3. The van der Waals surface area contributed by atoms with Gasteiger partial charge in [0.25, 0.3) is 0 Å². The molecule has 72 valence electrons. The summed E-state index contributed by atoms with van der Waals surface area (Å²) in [6.45, 7) is 4.64. The van der Waals surface area contributed by atoms with Crippen LogP contribution in [-0.4, -0.2) is 52.7 Å². The van der Waals surface area contributed by atoms with Gasteiger partial charge in [-0.15, -0.1) is 0 Å². The fourth-order valence-corrected chi connectivity index (χ4v) is 0.898. The average Bonchev–Trinajstić information content (AvgIpc) is 2.00. The van der Waals surface area contributed by atoms with Gasteiger partial charge in [-0.1, -0.05) is 0 Å². The van der Waals surface area contributed by atoms with Crippen LogP contribution in [0.1, 0.15) is 0 Å². The molecular formula is C8H17NO3. The standard InChI is InChI=1S/C8H17NO3/c1-10-2-3-11-4-5-12-8-6-9-7-8/h8-9H,2-7H2,1H3. The van der Waals surface area contributed by atoms with E-state index in [9.17, 15) is 0 Å². The maximum Gasteiger partial charge on any atom is 0.0824 e. The first-order valence-electron chi connectivity index (χ1n) is 4.32. The quantitative estimate of drug-likeness (QED) is 0.536. The average molecular weight is 175 g/mol. The molecule has 0 atom stereocenters. The second-order valence-corrected chi connectivity index (χ2v) is 2.76. The normalized spacial score (nSPS) is 17.8. The Hall–Kier alpha value is -0.160. The van der Waals surface area contributed by atoms with Crippen molar-refractivity contribution in [1.29, 1.82) is 0 Å². The molecule has 1 rings (SSSR count). The van der Waals surface area contributed by atoms with Crippen LogP contribution in [0.4, 0.5) is 0 Å². The summed E-state index contributed by atoms with van der Waals surface area (Å²) in [5.74, 6) is 0. The number of rotatable bonds is 7. The molecular weight excluding hydrogens is 158 g/mol. The molecule has 0 radical (unpaired) electrons. The van der Waals surface area contributed by atoms with Gasteiger partial charge in [0.1, 0.15) is 0 Å². The lowest BCUT2D eigenvalue weighted by Gasteiger charge is -2.26. The molecule has 0 aliphatic carbocycles. The first-order valence-corrected chi connectivity index (χ1v) is 4.32. The van der Waals surface area contributed by atoms with Crippen molar-refractivity contribution in [1.82, 2.24) is 5.32 Å². The molecule has 0 aromatic heterocycles. The third kappa shape index (κ3) is 4.01. The maximum atomic E-state index is 5.43. The minimum Gasteiger partial charge on any atom is -0.382 e. The van der Waals surface area contributed by atoms with E-state index in [1.807, 2.05) is 0 Å². The lowest BCUT2D eigenvalue weighted by molar-refractivity contribution is -0.0238. The Bertz CT molecular complexity index is 106. The minimum atomic E-state index is 0.413. The molecule has 1 aliphatic heterocycles. The van der Waals surface area contributed by atoms with Crippen LogP contribution in [0.5, 0.6) is 0 Å². The topological polar surface area (TPSA) is 39.7 Å². The summed E-state index contributed by atoms with van der Waals surface area (Å²) >= 11 is 0. The van der Waals surface area contributed by atoms with Crippen molar-refractivity contribution in [3.8, 4) is 0 Å². The Labute approximate surface area is 73.2 Å². The van der Waals surface area contributed by atoms with E-state index in [4.69, 9.17) is 14.2 Å². The van der Waals surface area contributed by atoms with E-state index in [0.717, 1.165) is 13.1 Å². The first-order chi connectivity index (χ1) is 5.93. The lowest BCUT2D eigenvalue weighted by Crippen LogP contribution is -2.48. The fraction of sp³-hybridized carbons (Fsp3) is 1.00. The molecule has 4 heteroatoms. The van der Waals surface area contributed by atoms with Crippen LogP contribution in [0.15, 0.2) is 0 Å². The van der Waals surface area contributed by atoms with Gasteiger partial charge in [0.05, 0.1) is 32.5 Å². The maximum absolute atomic E-state index is 5.43. The Morgan fingerprint density at radius 3 is 2.50 bits per heavy atom. The fourth-order valence-electron chi connectivity index (χ4n) is 0.898. The summed E-state index contributed by atoms with van der Waals surface area (Å²) in [6, 6.07) is 0. The van der Waals surface area contributed by atoms with Gasteiger partial charge in [-0.05, 0) is 0 Å². The van der Waals surface area contributed by atoms with E-state index in [2.05, 4.69) is 5.32 Å². The van der Waals surface area contributed by atoms with Gasteiger partial charge >= 0.3 is 0 Å². The Morgan fingerprint density at radius 1 is 1.17 bits per heavy atom. The summed E-state index contributed by atoms with van der Waals surface area (Å²) < 4.78 is 15.5. The van der Waals surface area contributed by atoms with Crippen molar-refractivity contribution in [2.75, 3.05) is 46.6 Å². The van der Waals surface area contributed by atoms with E-state index in [1.54, 1.807) is 7.11 Å². The van der Waals surface area contributed by atoms with E-state index >= 15 is 0 Å². The molecule has 4 nitrogen and oxygen atoms in total. The first kappa shape index (κ1) is 9.92. The zero-order valence-corrected chi connectivity index (χ0v) is 7.54. The molecule has 0 unspecified atom stereocenters. The van der Waals surface area contributed by atoms with Crippen molar-refractivity contribution >= 4 is 0 Å². The molecule has 0 aromatic carbocycles. The van der Waals surface area contributed by atoms with Gasteiger partial charge in [0.15, 0.2) is 0 Å². The van der Waals surface area contributed by atoms with Gasteiger partial charge in [-0.2, -0.15) is 0 Å². The monoisotopic (exact) mass is 175 g/mol. The van der Waals surface area contributed by atoms with Gasteiger partial charge in [-0.3, -0.25) is 0 Å². The molecule has 0 aromatic rings. The zero-order chi connectivity index (χ0) is 8.65. The number of hydrogen-bond donors (Lipinski definition) is 1. The van der Waals surface area contributed by atoms with Crippen LogP contribution < -0.4 is 5.32 Å². The van der Waals surface area contributed by atoms with Gasteiger partial charge in [-0.25, -0.2) is 0 Å². The molecule has 1 N–H and O–H groups in total. The molecule has 0 amide bonds. The Balaban J connectivity index is 1.70. The summed E-state index contributed by atoms with van der Waals surface area (Å²) in [5, 5.41) is 3.14. The smallest absolute Gasteiger partial charge is 0.0824 e. The highest BCUT2D eigenvalue weighted by molar-refractivity contribution is 4.74. The highest BCUT2D eigenvalue weighted by atomic mass is 16.5. The third-order valence-corrected chi connectivity index (χ3v) is 1.76. The SMILES string of the molecule is COCCOCCOC1CNC1. The van der Waals surface area contributed by atoms with Crippen molar-refractivity contribution < 1.29 is 14.2 Å². The number of nitrogens with one attached hydrogen (secondary N) is 1. The highest BCUT2D eigenvalue weighted by Gasteiger charge is 2.15. The van der Waals surface area contributed by atoms with Crippen molar-refractivity contribution in [2.24, 2.45) is 0 Å².